The first-order valence-electron chi connectivity index (χ1n) is 16.0. The fourth-order valence-corrected chi connectivity index (χ4v) is 5.83. The summed E-state index contributed by atoms with van der Waals surface area (Å²) >= 11 is 0. The van der Waals surface area contributed by atoms with Crippen molar-refractivity contribution >= 4 is 27.9 Å². The number of aryl methyl sites for hydroxylation is 1. The summed E-state index contributed by atoms with van der Waals surface area (Å²) in [4.78, 5) is 17.1. The average molecular weight is 657 g/mol. The van der Waals surface area contributed by atoms with Crippen LogP contribution in [-0.2, 0) is 0 Å². The molecule has 11 heteroatoms. The molecule has 1 fully saturated rings. The standard InChI is InChI=1S/C37H43F3N8/c1-7-10-25(22-48-16-14-37(39,40)23-48)18-26(9-3)31-12-13-32-34(43-31)35(46-45-32)36-42-24(4)33(44-36)30(11-8-2)27-19-28(38)21-29(20-27)41-15-17-47(5)6/h7-13,18-21,41H,2,14-17,22-23H2,1,3-6H3,(H,42,44)(H,45,46)/b10-7+,25-18+,26-9+,30-11-. The van der Waals surface area contributed by atoms with Gasteiger partial charge in [0.15, 0.2) is 11.5 Å². The molecule has 3 N–H and O–H groups in total. The van der Waals surface area contributed by atoms with Crippen molar-refractivity contribution in [3.63, 3.8) is 0 Å². The van der Waals surface area contributed by atoms with Gasteiger partial charge in [-0.2, -0.15) is 5.10 Å². The molecule has 0 amide bonds. The van der Waals surface area contributed by atoms with E-state index in [1.54, 1.807) is 11.0 Å². The summed E-state index contributed by atoms with van der Waals surface area (Å²) < 4.78 is 42.6. The summed E-state index contributed by atoms with van der Waals surface area (Å²) in [5, 5.41) is 10.9. The van der Waals surface area contributed by atoms with Crippen LogP contribution >= 0.6 is 0 Å². The summed E-state index contributed by atoms with van der Waals surface area (Å²) in [6.07, 6.45) is 11.2. The SMILES string of the molecule is C=C/C=C(/c1cc(F)cc(NCCN(C)C)c1)c1nc(-c2n[nH]c3ccc(C(/C=C(\C=C\C)CN4CCC(F)(F)C4)=C/C)nc23)[nH]c1C. The molecule has 0 aliphatic carbocycles. The van der Waals surface area contributed by atoms with Crippen molar-refractivity contribution in [3.05, 3.63) is 107 Å². The third-order valence-electron chi connectivity index (χ3n) is 8.14. The number of nitrogens with zero attached hydrogens (tertiary/aromatic N) is 5. The van der Waals surface area contributed by atoms with E-state index >= 15 is 0 Å². The Morgan fingerprint density at radius 2 is 1.98 bits per heavy atom. The summed E-state index contributed by atoms with van der Waals surface area (Å²) in [6.45, 7) is 11.7. The van der Waals surface area contributed by atoms with Crippen molar-refractivity contribution in [2.24, 2.45) is 0 Å². The van der Waals surface area contributed by atoms with E-state index in [0.717, 1.165) is 28.9 Å². The summed E-state index contributed by atoms with van der Waals surface area (Å²) in [6, 6.07) is 8.70. The highest BCUT2D eigenvalue weighted by atomic mass is 19.3. The van der Waals surface area contributed by atoms with E-state index in [9.17, 15) is 13.2 Å². The van der Waals surface area contributed by atoms with Crippen molar-refractivity contribution < 1.29 is 13.2 Å². The van der Waals surface area contributed by atoms with Gasteiger partial charge in [-0.15, -0.1) is 0 Å². The van der Waals surface area contributed by atoms with Gasteiger partial charge in [-0.1, -0.05) is 37.0 Å². The van der Waals surface area contributed by atoms with E-state index in [1.165, 1.54) is 12.1 Å². The molecule has 3 aromatic heterocycles. The maximum Gasteiger partial charge on any atom is 0.261 e. The summed E-state index contributed by atoms with van der Waals surface area (Å²) in [5.41, 5.74) is 7.85. The number of halogens is 3. The van der Waals surface area contributed by atoms with Crippen molar-refractivity contribution in [2.75, 3.05) is 52.1 Å². The number of aromatic amines is 2. The van der Waals surface area contributed by atoms with Gasteiger partial charge in [0.1, 0.15) is 11.3 Å². The Hall–Kier alpha value is -4.74. The second-order valence-corrected chi connectivity index (χ2v) is 12.3. The fraction of sp³-hybridized carbons (Fsp3) is 0.324. The molecule has 5 rings (SSSR count). The molecule has 1 saturated heterocycles. The molecule has 0 unspecified atom stereocenters. The van der Waals surface area contributed by atoms with Crippen molar-refractivity contribution in [3.8, 4) is 11.5 Å². The van der Waals surface area contributed by atoms with Crippen LogP contribution in [0.15, 0.2) is 78.9 Å². The van der Waals surface area contributed by atoms with Crippen LogP contribution in [-0.4, -0.2) is 87.7 Å². The van der Waals surface area contributed by atoms with Crippen LogP contribution < -0.4 is 5.32 Å². The first kappa shape index (κ1) is 34.6. The highest BCUT2D eigenvalue weighted by molar-refractivity contribution is 5.90. The number of rotatable bonds is 13. The van der Waals surface area contributed by atoms with E-state index in [1.807, 2.05) is 83.4 Å². The number of benzene rings is 1. The number of nitrogens with one attached hydrogen (secondary N) is 3. The third kappa shape index (κ3) is 8.21. The Morgan fingerprint density at radius 1 is 1.17 bits per heavy atom. The monoisotopic (exact) mass is 656 g/mol. The predicted octanol–water partition coefficient (Wildman–Crippen LogP) is 7.63. The number of H-pyrrole nitrogens is 2. The lowest BCUT2D eigenvalue weighted by Gasteiger charge is -2.16. The number of imidazole rings is 1. The highest BCUT2D eigenvalue weighted by Gasteiger charge is 2.38. The first-order valence-corrected chi connectivity index (χ1v) is 16.0. The molecule has 0 spiro atoms. The number of aromatic nitrogens is 5. The Labute approximate surface area is 279 Å². The lowest BCUT2D eigenvalue weighted by atomic mass is 10.00. The molecule has 1 aromatic carbocycles. The highest BCUT2D eigenvalue weighted by Crippen LogP contribution is 2.32. The van der Waals surface area contributed by atoms with Gasteiger partial charge in [0.25, 0.3) is 5.92 Å². The van der Waals surface area contributed by atoms with E-state index in [-0.39, 0.29) is 18.8 Å². The topological polar surface area (TPSA) is 88.8 Å². The van der Waals surface area contributed by atoms with Crippen LogP contribution in [0.1, 0.15) is 42.9 Å². The van der Waals surface area contributed by atoms with Gasteiger partial charge in [0.2, 0.25) is 0 Å². The van der Waals surface area contributed by atoms with Crippen molar-refractivity contribution in [1.29, 1.82) is 0 Å². The minimum absolute atomic E-state index is 0.121. The molecule has 8 nitrogen and oxygen atoms in total. The van der Waals surface area contributed by atoms with Gasteiger partial charge in [-0.25, -0.2) is 23.1 Å². The maximum absolute atomic E-state index is 14.8. The number of likely N-dealkylation sites (tertiary alicyclic amines) is 1. The number of fused-ring (bicyclic) bond motifs is 1. The van der Waals surface area contributed by atoms with E-state index in [4.69, 9.17) is 9.97 Å². The van der Waals surface area contributed by atoms with Gasteiger partial charge >= 0.3 is 0 Å². The molecule has 0 atom stereocenters. The second-order valence-electron chi connectivity index (χ2n) is 12.3. The van der Waals surface area contributed by atoms with Crippen molar-refractivity contribution in [1.82, 2.24) is 34.9 Å². The Bertz CT molecular complexity index is 1890. The van der Waals surface area contributed by atoms with Crippen LogP contribution in [0.4, 0.5) is 18.9 Å². The smallest absolute Gasteiger partial charge is 0.261 e. The number of allylic oxidation sites excluding steroid dienone is 6. The lowest BCUT2D eigenvalue weighted by molar-refractivity contribution is 0.0131. The van der Waals surface area contributed by atoms with E-state index < -0.39 is 5.92 Å². The number of anilines is 1. The molecule has 1 aliphatic rings. The number of alkyl halides is 2. The summed E-state index contributed by atoms with van der Waals surface area (Å²) in [5.74, 6) is -2.50. The van der Waals surface area contributed by atoms with Gasteiger partial charge in [-0.3, -0.25) is 10.00 Å². The Morgan fingerprint density at radius 3 is 2.67 bits per heavy atom. The predicted molar refractivity (Wildman–Crippen MR) is 189 cm³/mol. The van der Waals surface area contributed by atoms with Gasteiger partial charge < -0.3 is 15.2 Å². The van der Waals surface area contributed by atoms with Crippen molar-refractivity contribution in [2.45, 2.75) is 33.1 Å². The molecule has 252 valence electrons. The minimum atomic E-state index is -2.65. The van der Waals surface area contributed by atoms with Crippen LogP contribution in [0.5, 0.6) is 0 Å². The van der Waals surface area contributed by atoms with Gasteiger partial charge in [0, 0.05) is 49.6 Å². The van der Waals surface area contributed by atoms with E-state index in [0.29, 0.717) is 64.9 Å². The molecule has 0 bridgehead atoms. The Balaban J connectivity index is 1.47. The number of likely N-dealkylation sites (N-methyl/N-ethyl adjacent to an activating group) is 1. The maximum atomic E-state index is 14.8. The molecule has 0 saturated carbocycles. The molecular weight excluding hydrogens is 613 g/mol. The third-order valence-corrected chi connectivity index (χ3v) is 8.14. The number of hydrogen-bond acceptors (Lipinski definition) is 6. The normalized spacial score (nSPS) is 16.1. The molecule has 48 heavy (non-hydrogen) atoms. The van der Waals surface area contributed by atoms with Gasteiger partial charge in [-0.05, 0) is 88.0 Å². The van der Waals surface area contributed by atoms with Crippen LogP contribution in [0.3, 0.4) is 0 Å². The van der Waals surface area contributed by atoms with Crippen LogP contribution in [0, 0.1) is 12.7 Å². The zero-order valence-corrected chi connectivity index (χ0v) is 28.2. The second kappa shape index (κ2) is 15.0. The number of pyridine rings is 1. The number of hydrogen-bond donors (Lipinski definition) is 3. The minimum Gasteiger partial charge on any atom is -0.384 e. The Kier molecular flexibility index (Phi) is 10.8. The largest absolute Gasteiger partial charge is 0.384 e. The molecule has 4 heterocycles. The molecule has 1 aliphatic heterocycles. The quantitative estimate of drug-likeness (QED) is 0.128. The van der Waals surface area contributed by atoms with Crippen LogP contribution in [0.25, 0.3) is 33.7 Å². The first-order chi connectivity index (χ1) is 23.0. The van der Waals surface area contributed by atoms with Crippen LogP contribution in [0.2, 0.25) is 0 Å². The fourth-order valence-electron chi connectivity index (χ4n) is 5.83. The zero-order chi connectivity index (χ0) is 34.4. The lowest BCUT2D eigenvalue weighted by Crippen LogP contribution is -2.26. The zero-order valence-electron chi connectivity index (χ0n) is 28.2. The average Bonchev–Trinajstić information content (AvgIpc) is 3.73. The molecule has 0 radical (unpaired) electrons. The summed E-state index contributed by atoms with van der Waals surface area (Å²) in [7, 11) is 3.98. The molecular formula is C37H43F3N8. The van der Waals surface area contributed by atoms with Gasteiger partial charge in [0.05, 0.1) is 23.4 Å². The van der Waals surface area contributed by atoms with E-state index in [2.05, 4.69) is 32.0 Å². The molecule has 4 aromatic rings.